The summed E-state index contributed by atoms with van der Waals surface area (Å²) in [5, 5.41) is 15.8. The lowest BCUT2D eigenvalue weighted by molar-refractivity contribution is 0.0114. The number of fused-ring (bicyclic) bond motifs is 2. The highest BCUT2D eigenvalue weighted by Gasteiger charge is 2.80. The van der Waals surface area contributed by atoms with E-state index >= 15 is 0 Å². The second kappa shape index (κ2) is 4.72. The number of nitrogens with two attached hydrogens (primary N) is 1. The SMILES string of the molecule is C[C@]12C[C@@H](O)[C@@]3(C)CCC4=C(CCc5cc(OS(N)(=O)=O)ccc54)[C@]13C2. The van der Waals surface area contributed by atoms with Crippen LogP contribution in [0.25, 0.3) is 5.57 Å². The van der Waals surface area contributed by atoms with Gasteiger partial charge in [-0.15, -0.1) is 0 Å². The Balaban J connectivity index is 1.60. The van der Waals surface area contributed by atoms with Gasteiger partial charge in [0.15, 0.2) is 0 Å². The van der Waals surface area contributed by atoms with Crippen molar-refractivity contribution < 1.29 is 17.7 Å². The molecular weight excluding hydrogens is 350 g/mol. The summed E-state index contributed by atoms with van der Waals surface area (Å²) >= 11 is 0. The summed E-state index contributed by atoms with van der Waals surface area (Å²) in [6.45, 7) is 4.63. The van der Waals surface area contributed by atoms with E-state index in [4.69, 9.17) is 9.32 Å². The Morgan fingerprint density at radius 2 is 2.00 bits per heavy atom. The molecule has 4 aliphatic rings. The normalized spacial score (nSPS) is 40.4. The van der Waals surface area contributed by atoms with Crippen molar-refractivity contribution in [1.29, 1.82) is 0 Å². The second-order valence-electron chi connectivity index (χ2n) is 9.13. The first-order valence-corrected chi connectivity index (χ1v) is 10.8. The molecule has 0 amide bonds. The molecule has 1 aromatic rings. The molecule has 0 bridgehead atoms. The van der Waals surface area contributed by atoms with E-state index in [0.717, 1.165) is 37.7 Å². The van der Waals surface area contributed by atoms with Crippen LogP contribution in [0.2, 0.25) is 0 Å². The molecule has 5 nitrogen and oxygen atoms in total. The number of hydrogen-bond acceptors (Lipinski definition) is 4. The zero-order chi connectivity index (χ0) is 18.5. The summed E-state index contributed by atoms with van der Waals surface area (Å²) in [6, 6.07) is 5.49. The van der Waals surface area contributed by atoms with Crippen LogP contribution in [0, 0.1) is 16.2 Å². The van der Waals surface area contributed by atoms with Gasteiger partial charge in [-0.2, -0.15) is 13.6 Å². The van der Waals surface area contributed by atoms with Crippen molar-refractivity contribution in [2.75, 3.05) is 0 Å². The standard InChI is InChI=1S/C20H25NO4S/c1-18-10-17(22)19(2)8-7-15-14-5-4-13(25-26(21,23)24)9-12(14)3-6-16(15)20(18,19)11-18/h4-5,9,17,22H,3,6-8,10-11H2,1-2H3,(H2,21,23,24)/t17-,18-,19-,20-/m1/s1. The van der Waals surface area contributed by atoms with E-state index in [0.29, 0.717) is 0 Å². The number of allylic oxidation sites excluding steroid dienone is 2. The molecule has 0 heterocycles. The molecule has 0 aromatic heterocycles. The molecule has 1 aromatic carbocycles. The van der Waals surface area contributed by atoms with E-state index in [1.165, 1.54) is 17.6 Å². The first kappa shape index (κ1) is 16.8. The molecule has 4 atom stereocenters. The lowest BCUT2D eigenvalue weighted by Crippen LogP contribution is -2.41. The predicted octanol–water partition coefficient (Wildman–Crippen LogP) is 2.93. The lowest BCUT2D eigenvalue weighted by atomic mass is 9.58. The Labute approximate surface area is 154 Å². The molecule has 0 radical (unpaired) electrons. The van der Waals surface area contributed by atoms with Crippen molar-refractivity contribution in [2.45, 2.75) is 58.5 Å². The third kappa shape index (κ3) is 1.90. The molecule has 0 aliphatic heterocycles. The fraction of sp³-hybridized carbons (Fsp3) is 0.600. The molecule has 0 saturated heterocycles. The van der Waals surface area contributed by atoms with Crippen LogP contribution in [-0.4, -0.2) is 19.6 Å². The maximum absolute atomic E-state index is 11.2. The first-order chi connectivity index (χ1) is 12.1. The number of aliphatic hydroxyl groups is 1. The highest BCUT2D eigenvalue weighted by atomic mass is 32.2. The highest BCUT2D eigenvalue weighted by Crippen LogP contribution is 2.86. The molecule has 26 heavy (non-hydrogen) atoms. The van der Waals surface area contributed by atoms with Gasteiger partial charge in [0, 0.05) is 10.8 Å². The molecule has 140 valence electrons. The monoisotopic (exact) mass is 375 g/mol. The number of aliphatic hydroxyl groups excluding tert-OH is 1. The van der Waals surface area contributed by atoms with Crippen LogP contribution in [0.4, 0.5) is 0 Å². The molecule has 0 unspecified atom stereocenters. The average molecular weight is 375 g/mol. The summed E-state index contributed by atoms with van der Waals surface area (Å²) in [5.41, 5.74) is 5.71. The van der Waals surface area contributed by atoms with Crippen LogP contribution >= 0.6 is 0 Å². The van der Waals surface area contributed by atoms with E-state index in [9.17, 15) is 13.5 Å². The van der Waals surface area contributed by atoms with Gasteiger partial charge in [-0.05, 0) is 72.8 Å². The number of rotatable bonds is 2. The summed E-state index contributed by atoms with van der Waals surface area (Å²) in [5.74, 6) is 0.279. The van der Waals surface area contributed by atoms with Crippen molar-refractivity contribution in [1.82, 2.24) is 0 Å². The molecule has 1 spiro atoms. The predicted molar refractivity (Wildman–Crippen MR) is 98.5 cm³/mol. The lowest BCUT2D eigenvalue weighted by Gasteiger charge is -2.46. The molecule has 2 saturated carbocycles. The number of benzene rings is 1. The minimum atomic E-state index is -4.00. The second-order valence-corrected chi connectivity index (χ2v) is 10.3. The van der Waals surface area contributed by atoms with Gasteiger partial charge in [0.05, 0.1) is 6.10 Å². The van der Waals surface area contributed by atoms with Gasteiger partial charge in [-0.1, -0.05) is 25.5 Å². The van der Waals surface area contributed by atoms with Gasteiger partial charge in [0.25, 0.3) is 0 Å². The van der Waals surface area contributed by atoms with Crippen LogP contribution in [0.1, 0.15) is 57.1 Å². The smallest absolute Gasteiger partial charge is 0.380 e. The Hall–Kier alpha value is -1.37. The van der Waals surface area contributed by atoms with E-state index in [2.05, 4.69) is 13.8 Å². The van der Waals surface area contributed by atoms with E-state index in [-0.39, 0.29) is 28.1 Å². The van der Waals surface area contributed by atoms with E-state index in [1.54, 1.807) is 11.6 Å². The van der Waals surface area contributed by atoms with Gasteiger partial charge >= 0.3 is 10.3 Å². The minimum Gasteiger partial charge on any atom is -0.393 e. The van der Waals surface area contributed by atoms with Gasteiger partial charge in [0.2, 0.25) is 0 Å². The van der Waals surface area contributed by atoms with E-state index in [1.807, 2.05) is 12.1 Å². The Kier molecular flexibility index (Phi) is 3.05. The summed E-state index contributed by atoms with van der Waals surface area (Å²) in [6.07, 6.45) is 5.74. The molecule has 4 aliphatic carbocycles. The van der Waals surface area contributed by atoms with Crippen molar-refractivity contribution in [2.24, 2.45) is 21.4 Å². The van der Waals surface area contributed by atoms with Crippen LogP contribution in [0.15, 0.2) is 23.8 Å². The number of aryl methyl sites for hydroxylation is 1. The van der Waals surface area contributed by atoms with Crippen molar-refractivity contribution >= 4 is 15.9 Å². The topological polar surface area (TPSA) is 89.6 Å². The molecular formula is C20H25NO4S. The van der Waals surface area contributed by atoms with E-state index < -0.39 is 10.3 Å². The molecule has 2 fully saturated rings. The Morgan fingerprint density at radius 1 is 1.23 bits per heavy atom. The summed E-state index contributed by atoms with van der Waals surface area (Å²) < 4.78 is 27.2. The average Bonchev–Trinajstić information content (AvgIpc) is 3.10. The summed E-state index contributed by atoms with van der Waals surface area (Å²) in [4.78, 5) is 0. The number of hydrogen-bond donors (Lipinski definition) is 2. The summed E-state index contributed by atoms with van der Waals surface area (Å²) in [7, 11) is -4.00. The van der Waals surface area contributed by atoms with Gasteiger partial charge < -0.3 is 9.29 Å². The molecule has 5 rings (SSSR count). The Bertz CT molecular complexity index is 968. The maximum Gasteiger partial charge on any atom is 0.380 e. The van der Waals surface area contributed by atoms with Crippen molar-refractivity contribution in [3.63, 3.8) is 0 Å². The van der Waals surface area contributed by atoms with Crippen LogP contribution in [0.5, 0.6) is 5.75 Å². The van der Waals surface area contributed by atoms with Gasteiger partial charge in [0.1, 0.15) is 5.75 Å². The third-order valence-corrected chi connectivity index (χ3v) is 8.37. The van der Waals surface area contributed by atoms with Gasteiger partial charge in [-0.3, -0.25) is 0 Å². The third-order valence-electron chi connectivity index (χ3n) is 7.95. The quantitative estimate of drug-likeness (QED) is 0.832. The maximum atomic E-state index is 11.2. The molecule has 6 heteroatoms. The fourth-order valence-electron chi connectivity index (χ4n) is 6.78. The van der Waals surface area contributed by atoms with Gasteiger partial charge in [-0.25, -0.2) is 0 Å². The fourth-order valence-corrected chi connectivity index (χ4v) is 7.15. The zero-order valence-electron chi connectivity index (χ0n) is 15.2. The molecule has 3 N–H and O–H groups in total. The largest absolute Gasteiger partial charge is 0.393 e. The van der Waals surface area contributed by atoms with Crippen LogP contribution in [0.3, 0.4) is 0 Å². The van der Waals surface area contributed by atoms with Crippen LogP contribution < -0.4 is 9.32 Å². The minimum absolute atomic E-state index is 0.00519. The first-order valence-electron chi connectivity index (χ1n) is 9.36. The van der Waals surface area contributed by atoms with Crippen molar-refractivity contribution in [3.05, 3.63) is 34.9 Å². The highest BCUT2D eigenvalue weighted by molar-refractivity contribution is 7.84. The van der Waals surface area contributed by atoms with Crippen LogP contribution in [-0.2, 0) is 16.7 Å². The zero-order valence-corrected chi connectivity index (χ0v) is 16.0. The Morgan fingerprint density at radius 3 is 2.73 bits per heavy atom. The van der Waals surface area contributed by atoms with Crippen molar-refractivity contribution in [3.8, 4) is 5.75 Å².